The summed E-state index contributed by atoms with van der Waals surface area (Å²) in [7, 11) is 3.10. The predicted molar refractivity (Wildman–Crippen MR) is 78.7 cm³/mol. The monoisotopic (exact) mass is 314 g/mol. The summed E-state index contributed by atoms with van der Waals surface area (Å²) >= 11 is 1.51. The van der Waals surface area contributed by atoms with Gasteiger partial charge in [-0.05, 0) is 12.2 Å². The van der Waals surface area contributed by atoms with E-state index in [-0.39, 0.29) is 0 Å². The van der Waals surface area contributed by atoms with Gasteiger partial charge < -0.3 is 19.9 Å². The number of nitrogens with zero attached hydrogens (tertiary/aromatic N) is 1. The van der Waals surface area contributed by atoms with Gasteiger partial charge in [0.15, 0.2) is 11.5 Å². The molecule has 7 nitrogen and oxygen atoms in total. The molecule has 0 aliphatic rings. The number of nitrogens with one attached hydrogen (secondary N) is 1. The summed E-state index contributed by atoms with van der Waals surface area (Å²) in [5.74, 6) is 1.27. The zero-order valence-electron chi connectivity index (χ0n) is 11.9. The molecule has 0 aromatic carbocycles. The Labute approximate surface area is 127 Å². The van der Waals surface area contributed by atoms with Crippen LogP contribution in [0.5, 0.6) is 11.5 Å². The Balaban J connectivity index is 2.52. The average molecular weight is 314 g/mol. The van der Waals surface area contributed by atoms with Gasteiger partial charge in [0.1, 0.15) is 6.04 Å². The Hall–Kier alpha value is -1.96. The molecule has 2 N–H and O–H groups in total. The van der Waals surface area contributed by atoms with Gasteiger partial charge in [-0.2, -0.15) is 11.8 Å². The van der Waals surface area contributed by atoms with Gasteiger partial charge in [0.05, 0.1) is 19.9 Å². The standard InChI is InChI=1S/C13H18N2O5S/c1-19-11-3-5-14-10(12(11)20-2)7-21-6-4-9(13(17)18)15-8-16/h3,5,8-9H,4,6-7H2,1-2H3,(H,15,16)(H,17,18). The lowest BCUT2D eigenvalue weighted by molar-refractivity contribution is -0.140. The Morgan fingerprint density at radius 3 is 2.86 bits per heavy atom. The van der Waals surface area contributed by atoms with Gasteiger partial charge in [0, 0.05) is 18.0 Å². The molecule has 1 atom stereocenters. The molecule has 1 amide bonds. The zero-order valence-corrected chi connectivity index (χ0v) is 12.7. The maximum absolute atomic E-state index is 10.9. The summed E-state index contributed by atoms with van der Waals surface area (Å²) in [5, 5.41) is 11.2. The maximum atomic E-state index is 10.9. The molecule has 0 spiro atoms. The number of pyridine rings is 1. The zero-order chi connectivity index (χ0) is 15.7. The predicted octanol–water partition coefficient (Wildman–Crippen LogP) is 0.921. The van der Waals surface area contributed by atoms with E-state index in [1.165, 1.54) is 11.8 Å². The summed E-state index contributed by atoms with van der Waals surface area (Å²) in [6.07, 6.45) is 2.37. The van der Waals surface area contributed by atoms with Crippen molar-refractivity contribution in [3.8, 4) is 11.5 Å². The van der Waals surface area contributed by atoms with E-state index in [0.29, 0.717) is 35.8 Å². The number of methoxy groups -OCH3 is 2. The second kappa shape index (κ2) is 9.06. The van der Waals surface area contributed by atoms with Crippen LogP contribution in [0, 0.1) is 0 Å². The molecular weight excluding hydrogens is 296 g/mol. The van der Waals surface area contributed by atoms with Gasteiger partial charge in [-0.25, -0.2) is 4.79 Å². The summed E-state index contributed by atoms with van der Waals surface area (Å²) in [4.78, 5) is 25.4. The minimum Gasteiger partial charge on any atom is -0.493 e. The van der Waals surface area contributed by atoms with E-state index >= 15 is 0 Å². The van der Waals surface area contributed by atoms with Gasteiger partial charge in [-0.15, -0.1) is 0 Å². The molecule has 0 bridgehead atoms. The van der Waals surface area contributed by atoms with Crippen LogP contribution in [0.25, 0.3) is 0 Å². The number of amides is 1. The molecule has 0 saturated heterocycles. The van der Waals surface area contributed by atoms with E-state index < -0.39 is 12.0 Å². The third-order valence-corrected chi connectivity index (χ3v) is 3.73. The maximum Gasteiger partial charge on any atom is 0.326 e. The van der Waals surface area contributed by atoms with Crippen LogP contribution in [0.15, 0.2) is 12.3 Å². The molecular formula is C13H18N2O5S. The van der Waals surface area contributed by atoms with Crippen LogP contribution in [-0.4, -0.2) is 48.5 Å². The number of thioether (sulfide) groups is 1. The fourth-order valence-electron chi connectivity index (χ4n) is 1.68. The van der Waals surface area contributed by atoms with Crippen LogP contribution in [0.2, 0.25) is 0 Å². The highest BCUT2D eigenvalue weighted by atomic mass is 32.2. The number of aliphatic carboxylic acids is 1. The summed E-state index contributed by atoms with van der Waals surface area (Å²) < 4.78 is 10.5. The van der Waals surface area contributed by atoms with Crippen molar-refractivity contribution in [2.24, 2.45) is 0 Å². The first kappa shape index (κ1) is 17.1. The number of carboxylic acid groups (broad SMARTS) is 1. The van der Waals surface area contributed by atoms with Crippen LogP contribution in [0.1, 0.15) is 12.1 Å². The number of ether oxygens (including phenoxy) is 2. The van der Waals surface area contributed by atoms with Crippen molar-refractivity contribution in [1.82, 2.24) is 10.3 Å². The van der Waals surface area contributed by atoms with E-state index in [1.807, 2.05) is 0 Å². The lowest BCUT2D eigenvalue weighted by atomic mass is 10.2. The minimum atomic E-state index is -1.04. The summed E-state index contributed by atoms with van der Waals surface area (Å²) in [6, 6.07) is 0.844. The second-order valence-corrected chi connectivity index (χ2v) is 5.11. The van der Waals surface area contributed by atoms with Crippen molar-refractivity contribution >= 4 is 24.1 Å². The number of carbonyl (C=O) groups is 2. The van der Waals surface area contributed by atoms with Gasteiger partial charge in [0.25, 0.3) is 0 Å². The van der Waals surface area contributed by atoms with Crippen molar-refractivity contribution in [2.45, 2.75) is 18.2 Å². The number of hydrogen-bond acceptors (Lipinski definition) is 6. The number of aromatic nitrogens is 1. The molecule has 1 aromatic rings. The van der Waals surface area contributed by atoms with Crippen molar-refractivity contribution in [3.05, 3.63) is 18.0 Å². The van der Waals surface area contributed by atoms with Crippen LogP contribution in [-0.2, 0) is 15.3 Å². The molecule has 0 aliphatic heterocycles. The minimum absolute atomic E-state index is 0.338. The Morgan fingerprint density at radius 2 is 2.29 bits per heavy atom. The fourth-order valence-corrected chi connectivity index (χ4v) is 2.63. The Kier molecular flexibility index (Phi) is 7.38. The fraction of sp³-hybridized carbons (Fsp3) is 0.462. The van der Waals surface area contributed by atoms with E-state index in [9.17, 15) is 9.59 Å². The van der Waals surface area contributed by atoms with E-state index in [1.54, 1.807) is 26.5 Å². The molecule has 1 heterocycles. The van der Waals surface area contributed by atoms with E-state index in [0.717, 1.165) is 5.69 Å². The number of carboxylic acids is 1. The largest absolute Gasteiger partial charge is 0.493 e. The number of hydrogen-bond donors (Lipinski definition) is 2. The van der Waals surface area contributed by atoms with Gasteiger partial charge in [0.2, 0.25) is 6.41 Å². The number of carbonyl (C=O) groups excluding carboxylic acids is 1. The molecule has 116 valence electrons. The lowest BCUT2D eigenvalue weighted by Crippen LogP contribution is -2.36. The lowest BCUT2D eigenvalue weighted by Gasteiger charge is -2.12. The average Bonchev–Trinajstić information content (AvgIpc) is 2.49. The first-order valence-corrected chi connectivity index (χ1v) is 7.35. The van der Waals surface area contributed by atoms with Gasteiger partial charge in [-0.1, -0.05) is 0 Å². The quantitative estimate of drug-likeness (QED) is 0.489. The van der Waals surface area contributed by atoms with Gasteiger partial charge in [-0.3, -0.25) is 9.78 Å². The van der Waals surface area contributed by atoms with Crippen molar-refractivity contribution in [3.63, 3.8) is 0 Å². The highest BCUT2D eigenvalue weighted by Gasteiger charge is 2.16. The summed E-state index contributed by atoms with van der Waals surface area (Å²) in [5.41, 5.74) is 0.733. The second-order valence-electron chi connectivity index (χ2n) is 4.01. The van der Waals surface area contributed by atoms with Gasteiger partial charge >= 0.3 is 5.97 Å². The Morgan fingerprint density at radius 1 is 1.52 bits per heavy atom. The van der Waals surface area contributed by atoms with Crippen LogP contribution in [0.3, 0.4) is 0 Å². The molecule has 8 heteroatoms. The smallest absolute Gasteiger partial charge is 0.326 e. The SMILES string of the molecule is COc1ccnc(CSCCC(NC=O)C(=O)O)c1OC. The first-order chi connectivity index (χ1) is 10.1. The molecule has 1 unspecified atom stereocenters. The highest BCUT2D eigenvalue weighted by Crippen LogP contribution is 2.31. The molecule has 0 radical (unpaired) electrons. The summed E-state index contributed by atoms with van der Waals surface area (Å²) in [6.45, 7) is 0. The molecule has 1 rings (SSSR count). The van der Waals surface area contributed by atoms with Crippen LogP contribution >= 0.6 is 11.8 Å². The van der Waals surface area contributed by atoms with E-state index in [4.69, 9.17) is 14.6 Å². The molecule has 0 saturated carbocycles. The Bertz CT molecular complexity index is 484. The highest BCUT2D eigenvalue weighted by molar-refractivity contribution is 7.98. The van der Waals surface area contributed by atoms with Crippen molar-refractivity contribution in [1.29, 1.82) is 0 Å². The van der Waals surface area contributed by atoms with Crippen LogP contribution in [0.4, 0.5) is 0 Å². The molecule has 21 heavy (non-hydrogen) atoms. The topological polar surface area (TPSA) is 97.8 Å². The molecule has 0 aliphatic carbocycles. The van der Waals surface area contributed by atoms with Crippen molar-refractivity contribution < 1.29 is 24.2 Å². The van der Waals surface area contributed by atoms with E-state index in [2.05, 4.69) is 10.3 Å². The van der Waals surface area contributed by atoms with Crippen LogP contribution < -0.4 is 14.8 Å². The third-order valence-electron chi connectivity index (χ3n) is 2.72. The normalized spacial score (nSPS) is 11.5. The number of rotatable bonds is 10. The molecule has 0 fully saturated rings. The van der Waals surface area contributed by atoms with Crippen molar-refractivity contribution in [2.75, 3.05) is 20.0 Å². The third kappa shape index (κ3) is 5.14. The molecule has 1 aromatic heterocycles. The first-order valence-electron chi connectivity index (χ1n) is 6.20.